The maximum atomic E-state index is 12.8. The van der Waals surface area contributed by atoms with Crippen molar-refractivity contribution in [3.05, 3.63) is 18.3 Å². The SMILES string of the molecule is CCOCCCNC(=O)CN1C(=O)N(CC)N(CC)c2ncccc21. The number of nitrogens with zero attached hydrogens (tertiary/aromatic N) is 4. The van der Waals surface area contributed by atoms with Crippen LogP contribution in [-0.2, 0) is 9.53 Å². The van der Waals surface area contributed by atoms with E-state index in [1.807, 2.05) is 31.8 Å². The molecule has 2 rings (SSSR count). The number of urea groups is 1. The van der Waals surface area contributed by atoms with Gasteiger partial charge in [-0.3, -0.25) is 14.7 Å². The van der Waals surface area contributed by atoms with E-state index in [0.29, 0.717) is 44.4 Å². The number of carbonyl (C=O) groups is 2. The molecule has 3 amide bonds. The minimum absolute atomic E-state index is 0.0276. The van der Waals surface area contributed by atoms with Crippen LogP contribution in [0.5, 0.6) is 0 Å². The molecule has 1 aromatic heterocycles. The molecule has 0 saturated heterocycles. The number of nitrogens with one attached hydrogen (secondary N) is 1. The molecule has 0 fully saturated rings. The molecule has 1 aromatic rings. The number of hydrogen-bond acceptors (Lipinski definition) is 5. The van der Waals surface area contributed by atoms with E-state index in [1.165, 1.54) is 4.90 Å². The fourth-order valence-corrected chi connectivity index (χ4v) is 2.78. The zero-order valence-corrected chi connectivity index (χ0v) is 15.2. The number of rotatable bonds is 9. The van der Waals surface area contributed by atoms with Crippen LogP contribution in [-0.4, -0.2) is 61.3 Å². The lowest BCUT2D eigenvalue weighted by Gasteiger charge is -2.43. The number of carbonyl (C=O) groups excluding carboxylic acids is 2. The average molecular weight is 349 g/mol. The van der Waals surface area contributed by atoms with E-state index in [9.17, 15) is 9.59 Å². The Morgan fingerprint density at radius 2 is 2.00 bits per heavy atom. The summed E-state index contributed by atoms with van der Waals surface area (Å²) < 4.78 is 5.25. The molecule has 0 spiro atoms. The summed E-state index contributed by atoms with van der Waals surface area (Å²) in [6.45, 7) is 8.72. The Morgan fingerprint density at radius 3 is 2.68 bits per heavy atom. The fourth-order valence-electron chi connectivity index (χ4n) is 2.78. The Balaban J connectivity index is 2.08. The molecule has 1 aliphatic rings. The molecule has 0 aliphatic carbocycles. The average Bonchev–Trinajstić information content (AvgIpc) is 2.63. The van der Waals surface area contributed by atoms with Crippen molar-refractivity contribution in [2.45, 2.75) is 27.2 Å². The molecule has 8 heteroatoms. The molecule has 0 saturated carbocycles. The second kappa shape index (κ2) is 9.22. The van der Waals surface area contributed by atoms with Gasteiger partial charge in [0.1, 0.15) is 6.54 Å². The topological polar surface area (TPSA) is 78.0 Å². The summed E-state index contributed by atoms with van der Waals surface area (Å²) in [5, 5.41) is 6.28. The van der Waals surface area contributed by atoms with E-state index in [2.05, 4.69) is 10.3 Å². The summed E-state index contributed by atoms with van der Waals surface area (Å²) in [4.78, 5) is 31.0. The number of hydrogen-bond donors (Lipinski definition) is 1. The highest BCUT2D eigenvalue weighted by atomic mass is 16.5. The molecule has 2 heterocycles. The number of pyridine rings is 1. The molecule has 0 aromatic carbocycles. The highest BCUT2D eigenvalue weighted by Gasteiger charge is 2.35. The summed E-state index contributed by atoms with van der Waals surface area (Å²) >= 11 is 0. The van der Waals surface area contributed by atoms with Gasteiger partial charge in [0.25, 0.3) is 0 Å². The van der Waals surface area contributed by atoms with Gasteiger partial charge in [-0.25, -0.2) is 14.8 Å². The van der Waals surface area contributed by atoms with Crippen LogP contribution >= 0.6 is 0 Å². The summed E-state index contributed by atoms with van der Waals surface area (Å²) in [5.41, 5.74) is 0.656. The number of aromatic nitrogens is 1. The van der Waals surface area contributed by atoms with E-state index in [4.69, 9.17) is 4.74 Å². The van der Waals surface area contributed by atoms with Gasteiger partial charge in [0, 0.05) is 39.0 Å². The van der Waals surface area contributed by atoms with E-state index in [1.54, 1.807) is 17.3 Å². The second-order valence-electron chi connectivity index (χ2n) is 5.55. The van der Waals surface area contributed by atoms with Gasteiger partial charge in [-0.2, -0.15) is 0 Å². The highest BCUT2D eigenvalue weighted by molar-refractivity contribution is 6.02. The molecule has 0 unspecified atom stereocenters. The molecule has 1 aliphatic heterocycles. The lowest BCUT2D eigenvalue weighted by atomic mass is 10.3. The van der Waals surface area contributed by atoms with Crippen molar-refractivity contribution in [2.24, 2.45) is 0 Å². The van der Waals surface area contributed by atoms with Crippen LogP contribution in [0, 0.1) is 0 Å². The smallest absolute Gasteiger partial charge is 0.343 e. The van der Waals surface area contributed by atoms with Gasteiger partial charge < -0.3 is 10.1 Å². The van der Waals surface area contributed by atoms with Crippen molar-refractivity contribution in [3.63, 3.8) is 0 Å². The molecule has 138 valence electrons. The largest absolute Gasteiger partial charge is 0.382 e. The number of ether oxygens (including phenoxy) is 1. The monoisotopic (exact) mass is 349 g/mol. The van der Waals surface area contributed by atoms with Crippen LogP contribution in [0.1, 0.15) is 27.2 Å². The van der Waals surface area contributed by atoms with Crippen molar-refractivity contribution in [1.29, 1.82) is 0 Å². The third-order valence-electron chi connectivity index (χ3n) is 3.94. The minimum atomic E-state index is -0.214. The molecule has 0 atom stereocenters. The Hall–Kier alpha value is -2.35. The first kappa shape index (κ1) is 19.0. The summed E-state index contributed by atoms with van der Waals surface area (Å²) in [6.07, 6.45) is 2.44. The van der Waals surface area contributed by atoms with Gasteiger partial charge in [-0.05, 0) is 39.3 Å². The highest BCUT2D eigenvalue weighted by Crippen LogP contribution is 2.33. The maximum Gasteiger partial charge on any atom is 0.343 e. The number of anilines is 2. The summed E-state index contributed by atoms with van der Waals surface area (Å²) in [7, 11) is 0. The van der Waals surface area contributed by atoms with E-state index < -0.39 is 0 Å². The van der Waals surface area contributed by atoms with Crippen LogP contribution in [0.4, 0.5) is 16.3 Å². The first-order valence-corrected chi connectivity index (χ1v) is 8.79. The third-order valence-corrected chi connectivity index (χ3v) is 3.94. The maximum absolute atomic E-state index is 12.8. The van der Waals surface area contributed by atoms with Crippen LogP contribution < -0.4 is 15.2 Å². The zero-order chi connectivity index (χ0) is 18.2. The van der Waals surface area contributed by atoms with Gasteiger partial charge in [0.05, 0.1) is 5.69 Å². The molecular weight excluding hydrogens is 322 g/mol. The standard InChI is InChI=1S/C17H27N5O3/c1-4-21-16-14(9-7-10-19-16)20(17(24)22(21)5-2)13-15(23)18-11-8-12-25-6-3/h7,9-10H,4-6,8,11-13H2,1-3H3,(H,18,23). The minimum Gasteiger partial charge on any atom is -0.382 e. The van der Waals surface area contributed by atoms with Crippen molar-refractivity contribution in [1.82, 2.24) is 15.3 Å². The number of fused-ring (bicyclic) bond motifs is 1. The molecule has 8 nitrogen and oxygen atoms in total. The normalized spacial score (nSPS) is 13.9. The predicted molar refractivity (Wildman–Crippen MR) is 96.5 cm³/mol. The second-order valence-corrected chi connectivity index (χ2v) is 5.55. The lowest BCUT2D eigenvalue weighted by Crippen LogP contribution is -2.58. The Bertz CT molecular complexity index is 595. The Labute approximate surface area is 148 Å². The van der Waals surface area contributed by atoms with Gasteiger partial charge >= 0.3 is 6.03 Å². The van der Waals surface area contributed by atoms with E-state index in [0.717, 1.165) is 6.42 Å². The van der Waals surface area contributed by atoms with Gasteiger partial charge in [0.15, 0.2) is 5.82 Å². The molecule has 0 bridgehead atoms. The van der Waals surface area contributed by atoms with Gasteiger partial charge in [0.2, 0.25) is 5.91 Å². The first-order chi connectivity index (χ1) is 12.1. The fraction of sp³-hybridized carbons (Fsp3) is 0.588. The molecular formula is C17H27N5O3. The molecule has 1 N–H and O–H groups in total. The third kappa shape index (κ3) is 4.39. The van der Waals surface area contributed by atoms with Crippen LogP contribution in [0.3, 0.4) is 0 Å². The Kier molecular flexibility index (Phi) is 7.00. The van der Waals surface area contributed by atoms with Crippen LogP contribution in [0.2, 0.25) is 0 Å². The number of hydrazine groups is 1. The number of amides is 3. The zero-order valence-electron chi connectivity index (χ0n) is 15.2. The van der Waals surface area contributed by atoms with Crippen LogP contribution in [0.15, 0.2) is 18.3 Å². The molecule has 0 radical (unpaired) electrons. The van der Waals surface area contributed by atoms with Crippen molar-refractivity contribution < 1.29 is 14.3 Å². The lowest BCUT2D eigenvalue weighted by molar-refractivity contribution is -0.119. The predicted octanol–water partition coefficient (Wildman–Crippen LogP) is 1.63. The van der Waals surface area contributed by atoms with Crippen molar-refractivity contribution in [2.75, 3.05) is 49.3 Å². The van der Waals surface area contributed by atoms with Crippen molar-refractivity contribution >= 4 is 23.4 Å². The summed E-state index contributed by atoms with van der Waals surface area (Å²) in [6, 6.07) is 3.38. The molecule has 25 heavy (non-hydrogen) atoms. The Morgan fingerprint density at radius 1 is 1.24 bits per heavy atom. The van der Waals surface area contributed by atoms with E-state index >= 15 is 0 Å². The van der Waals surface area contributed by atoms with Gasteiger partial charge in [-0.1, -0.05) is 0 Å². The summed E-state index contributed by atoms with van der Waals surface area (Å²) in [5.74, 6) is 0.497. The van der Waals surface area contributed by atoms with Gasteiger partial charge in [-0.15, -0.1) is 0 Å². The quantitative estimate of drug-likeness (QED) is 0.686. The van der Waals surface area contributed by atoms with Crippen LogP contribution in [0.25, 0.3) is 0 Å². The first-order valence-electron chi connectivity index (χ1n) is 8.79. The van der Waals surface area contributed by atoms with Crippen molar-refractivity contribution in [3.8, 4) is 0 Å². The van der Waals surface area contributed by atoms with E-state index in [-0.39, 0.29) is 18.5 Å².